The molecule has 2 N–H and O–H groups in total. The van der Waals surface area contributed by atoms with Crippen LogP contribution in [0.3, 0.4) is 0 Å². The second kappa shape index (κ2) is 10.9. The van der Waals surface area contributed by atoms with Crippen molar-refractivity contribution in [2.45, 2.75) is 19.3 Å². The molecule has 0 atom stereocenters. The highest BCUT2D eigenvalue weighted by molar-refractivity contribution is 5.91. The fraction of sp³-hybridized carbons (Fsp3) is 0.148. The maximum Gasteiger partial charge on any atom is 0.226 e. The molecule has 33 heavy (non-hydrogen) atoms. The minimum Gasteiger partial charge on any atom is -0.440 e. The molecule has 0 radical (unpaired) electrons. The average molecular weight is 440 g/mol. The molecule has 6 heteroatoms. The first-order valence-electron chi connectivity index (χ1n) is 10.9. The van der Waals surface area contributed by atoms with Gasteiger partial charge in [0.2, 0.25) is 11.8 Å². The first kappa shape index (κ1) is 22.0. The fourth-order valence-corrected chi connectivity index (χ4v) is 3.42. The predicted molar refractivity (Wildman–Crippen MR) is 128 cm³/mol. The first-order chi connectivity index (χ1) is 16.2. The third-order valence-corrected chi connectivity index (χ3v) is 5.05. The molecule has 4 aromatic rings. The van der Waals surface area contributed by atoms with Crippen LogP contribution in [-0.4, -0.2) is 23.3 Å². The van der Waals surface area contributed by atoms with Gasteiger partial charge in [-0.1, -0.05) is 78.9 Å². The normalized spacial score (nSPS) is 10.5. The molecule has 166 valence electrons. The number of para-hydroxylation sites is 1. The van der Waals surface area contributed by atoms with Gasteiger partial charge in [0, 0.05) is 42.6 Å². The van der Waals surface area contributed by atoms with Crippen LogP contribution in [0.2, 0.25) is 0 Å². The lowest BCUT2D eigenvalue weighted by Crippen LogP contribution is -2.27. The van der Waals surface area contributed by atoms with Crippen molar-refractivity contribution in [1.82, 2.24) is 10.3 Å². The molecule has 0 aliphatic heterocycles. The van der Waals surface area contributed by atoms with E-state index in [0.29, 0.717) is 18.1 Å². The van der Waals surface area contributed by atoms with Gasteiger partial charge in [0.1, 0.15) is 5.69 Å². The summed E-state index contributed by atoms with van der Waals surface area (Å²) in [6.07, 6.45) is 0.800. The van der Waals surface area contributed by atoms with Crippen LogP contribution in [-0.2, 0) is 16.0 Å². The Morgan fingerprint density at radius 3 is 2.00 bits per heavy atom. The van der Waals surface area contributed by atoms with Gasteiger partial charge in [0.25, 0.3) is 0 Å². The molecule has 6 nitrogen and oxygen atoms in total. The Bertz CT molecular complexity index is 1130. The zero-order valence-corrected chi connectivity index (χ0v) is 18.2. The molecule has 0 unspecified atom stereocenters. The van der Waals surface area contributed by atoms with E-state index in [1.165, 1.54) is 0 Å². The van der Waals surface area contributed by atoms with Gasteiger partial charge in [-0.3, -0.25) is 9.59 Å². The number of amides is 2. The molecule has 0 aliphatic rings. The number of aromatic nitrogens is 1. The zero-order valence-electron chi connectivity index (χ0n) is 18.2. The fourth-order valence-electron chi connectivity index (χ4n) is 3.42. The highest BCUT2D eigenvalue weighted by atomic mass is 16.4. The van der Waals surface area contributed by atoms with Gasteiger partial charge in [0.05, 0.1) is 0 Å². The Hall–Kier alpha value is -4.19. The molecule has 0 spiro atoms. The molecule has 0 aliphatic carbocycles. The van der Waals surface area contributed by atoms with Gasteiger partial charge in [-0.15, -0.1) is 0 Å². The molecule has 3 aromatic carbocycles. The quantitative estimate of drug-likeness (QED) is 0.381. The second-order valence-corrected chi connectivity index (χ2v) is 7.53. The third-order valence-electron chi connectivity index (χ3n) is 5.05. The van der Waals surface area contributed by atoms with E-state index in [2.05, 4.69) is 15.6 Å². The molecule has 0 saturated carbocycles. The van der Waals surface area contributed by atoms with Crippen LogP contribution in [0.4, 0.5) is 5.69 Å². The number of nitrogens with zero attached hydrogens (tertiary/aromatic N) is 1. The molecule has 0 fully saturated rings. The highest BCUT2D eigenvalue weighted by Crippen LogP contribution is 2.32. The average Bonchev–Trinajstić information content (AvgIpc) is 3.29. The summed E-state index contributed by atoms with van der Waals surface area (Å²) in [5.41, 5.74) is 3.39. The topological polar surface area (TPSA) is 84.2 Å². The highest BCUT2D eigenvalue weighted by Gasteiger charge is 2.17. The van der Waals surface area contributed by atoms with Gasteiger partial charge in [-0.05, 0) is 12.1 Å². The number of hydrogen-bond donors (Lipinski definition) is 2. The van der Waals surface area contributed by atoms with Crippen LogP contribution < -0.4 is 10.6 Å². The summed E-state index contributed by atoms with van der Waals surface area (Å²) in [4.78, 5) is 28.9. The number of benzene rings is 3. The van der Waals surface area contributed by atoms with Crippen molar-refractivity contribution in [1.29, 1.82) is 0 Å². The van der Waals surface area contributed by atoms with Gasteiger partial charge in [-0.2, -0.15) is 0 Å². The summed E-state index contributed by atoms with van der Waals surface area (Å²) in [5, 5.41) is 5.58. The summed E-state index contributed by atoms with van der Waals surface area (Å²) in [7, 11) is 0. The van der Waals surface area contributed by atoms with Gasteiger partial charge < -0.3 is 15.1 Å². The molecule has 0 saturated heterocycles. The van der Waals surface area contributed by atoms with Crippen LogP contribution in [0.5, 0.6) is 0 Å². The zero-order chi connectivity index (χ0) is 22.9. The minimum absolute atomic E-state index is 0.144. The maximum atomic E-state index is 12.3. The van der Waals surface area contributed by atoms with Crippen LogP contribution in [0, 0.1) is 0 Å². The first-order valence-corrected chi connectivity index (χ1v) is 10.9. The van der Waals surface area contributed by atoms with Gasteiger partial charge in [0.15, 0.2) is 11.7 Å². The maximum absolute atomic E-state index is 12.3. The number of oxazole rings is 1. The molecule has 2 amide bonds. The molecular formula is C27H25N3O3. The number of hydrogen-bond acceptors (Lipinski definition) is 4. The summed E-state index contributed by atoms with van der Waals surface area (Å²) in [6, 6.07) is 28.9. The number of nitrogens with one attached hydrogen (secondary N) is 2. The second-order valence-electron chi connectivity index (χ2n) is 7.53. The molecule has 1 heterocycles. The van der Waals surface area contributed by atoms with E-state index in [1.807, 2.05) is 91.0 Å². The van der Waals surface area contributed by atoms with Crippen molar-refractivity contribution in [3.05, 3.63) is 96.9 Å². The summed E-state index contributed by atoms with van der Waals surface area (Å²) in [5.74, 6) is 0.900. The SMILES string of the molecule is O=C(CCc1nc(-c2ccccc2)c(-c2ccccc2)o1)NCCC(=O)Nc1ccccc1. The smallest absolute Gasteiger partial charge is 0.226 e. The number of carbonyl (C=O) groups is 2. The van der Waals surface area contributed by atoms with Gasteiger partial charge >= 0.3 is 0 Å². The standard InChI is InChI=1S/C27H25N3O3/c31-23(28-19-18-24(32)29-22-14-8-3-9-15-22)16-17-25-30-26(20-10-4-1-5-11-20)27(33-25)21-12-6-2-7-13-21/h1-15H,16-19H2,(H,28,31)(H,29,32). The van der Waals surface area contributed by atoms with Gasteiger partial charge in [-0.25, -0.2) is 4.98 Å². The lowest BCUT2D eigenvalue weighted by molar-refractivity contribution is -0.121. The number of aryl methyl sites for hydroxylation is 1. The van der Waals surface area contributed by atoms with Crippen molar-refractivity contribution in [3.8, 4) is 22.6 Å². The summed E-state index contributed by atoms with van der Waals surface area (Å²) >= 11 is 0. The summed E-state index contributed by atoms with van der Waals surface area (Å²) in [6.45, 7) is 0.271. The monoisotopic (exact) mass is 439 g/mol. The minimum atomic E-state index is -0.150. The summed E-state index contributed by atoms with van der Waals surface area (Å²) < 4.78 is 6.06. The predicted octanol–water partition coefficient (Wildman–Crippen LogP) is 5.09. The van der Waals surface area contributed by atoms with E-state index >= 15 is 0 Å². The Morgan fingerprint density at radius 2 is 1.33 bits per heavy atom. The van der Waals surface area contributed by atoms with Crippen molar-refractivity contribution < 1.29 is 14.0 Å². The van der Waals surface area contributed by atoms with E-state index in [1.54, 1.807) is 0 Å². The van der Waals surface area contributed by atoms with E-state index < -0.39 is 0 Å². The van der Waals surface area contributed by atoms with E-state index in [0.717, 1.165) is 22.5 Å². The Labute approximate surface area is 192 Å². The van der Waals surface area contributed by atoms with E-state index in [9.17, 15) is 9.59 Å². The van der Waals surface area contributed by atoms with E-state index in [-0.39, 0.29) is 31.2 Å². The lowest BCUT2D eigenvalue weighted by atomic mass is 10.1. The van der Waals surface area contributed by atoms with Crippen molar-refractivity contribution in [2.24, 2.45) is 0 Å². The number of anilines is 1. The Balaban J connectivity index is 1.33. The number of rotatable bonds is 9. The van der Waals surface area contributed by atoms with Crippen molar-refractivity contribution >= 4 is 17.5 Å². The van der Waals surface area contributed by atoms with E-state index in [4.69, 9.17) is 4.42 Å². The van der Waals surface area contributed by atoms with Crippen LogP contribution in [0.1, 0.15) is 18.7 Å². The van der Waals surface area contributed by atoms with Crippen LogP contribution in [0.25, 0.3) is 22.6 Å². The Morgan fingerprint density at radius 1 is 0.727 bits per heavy atom. The van der Waals surface area contributed by atoms with Crippen LogP contribution >= 0.6 is 0 Å². The lowest BCUT2D eigenvalue weighted by Gasteiger charge is -2.06. The van der Waals surface area contributed by atoms with Crippen LogP contribution in [0.15, 0.2) is 95.4 Å². The molecule has 4 rings (SSSR count). The third kappa shape index (κ3) is 6.17. The number of carbonyl (C=O) groups excluding carboxylic acids is 2. The Kier molecular flexibility index (Phi) is 7.28. The molecule has 0 bridgehead atoms. The van der Waals surface area contributed by atoms with Crippen molar-refractivity contribution in [2.75, 3.05) is 11.9 Å². The molecular weight excluding hydrogens is 414 g/mol. The largest absolute Gasteiger partial charge is 0.440 e. The molecule has 1 aromatic heterocycles. The van der Waals surface area contributed by atoms with Crippen molar-refractivity contribution in [3.63, 3.8) is 0 Å².